The highest BCUT2D eigenvalue weighted by Crippen LogP contribution is 2.38. The fraction of sp³-hybridized carbons (Fsp3) is 0.512. The number of hydrazine groups is 1. The van der Waals surface area contributed by atoms with E-state index in [2.05, 4.69) is 36.2 Å². The Bertz CT molecular complexity index is 2150. The molecular weight excluding hydrogens is 803 g/mol. The standard InChI is InChI=1S/C41H51F4N11O5/c1-24(2)56-23-41(44,45)39(60)52(3)33-22-46-40(50-36(33)56)48-29-6-5-26(19-34(29)61-4)37(58)51-55-13-10-25(11-14-55)9-12-53-15-17-54(18-16-53)32-21-27(42)31(20-28(32)43)47-30-7-8-35(57)49-38(30)59/h5-6,19-22,24-25,30,47H,7-18,23H2,1-4H3,(H,51,58)(H,46,48,50)(H,49,57,59). The number of rotatable bonds is 12. The van der Waals surface area contributed by atoms with Crippen LogP contribution >= 0.6 is 0 Å². The van der Waals surface area contributed by atoms with Gasteiger partial charge in [0.25, 0.3) is 11.8 Å². The van der Waals surface area contributed by atoms with Crippen molar-refractivity contribution < 1.29 is 41.5 Å². The van der Waals surface area contributed by atoms with Crippen LogP contribution in [0.3, 0.4) is 0 Å². The Morgan fingerprint density at radius 2 is 1.70 bits per heavy atom. The summed E-state index contributed by atoms with van der Waals surface area (Å²) in [6.07, 6.45) is 4.41. The van der Waals surface area contributed by atoms with Crippen molar-refractivity contribution >= 4 is 58.1 Å². The number of methoxy groups -OCH3 is 1. The van der Waals surface area contributed by atoms with Crippen molar-refractivity contribution in [2.45, 2.75) is 64.0 Å². The molecule has 2 aromatic carbocycles. The second-order valence-electron chi connectivity index (χ2n) is 16.2. The molecule has 5 heterocycles. The van der Waals surface area contributed by atoms with Crippen LogP contribution in [-0.2, 0) is 14.4 Å². The molecule has 20 heteroatoms. The van der Waals surface area contributed by atoms with Gasteiger partial charge in [0.15, 0.2) is 5.82 Å². The molecule has 0 bridgehead atoms. The largest absolute Gasteiger partial charge is 0.495 e. The minimum absolute atomic E-state index is 0.0911. The number of anilines is 6. The number of carbonyl (C=O) groups is 4. The third-order valence-electron chi connectivity index (χ3n) is 11.7. The summed E-state index contributed by atoms with van der Waals surface area (Å²) in [5, 5.41) is 9.90. The number of halogens is 4. The Hall–Kier alpha value is -5.76. The molecule has 4 aliphatic heterocycles. The second-order valence-corrected chi connectivity index (χ2v) is 16.2. The summed E-state index contributed by atoms with van der Waals surface area (Å²) in [7, 11) is 2.73. The van der Waals surface area contributed by atoms with Crippen LogP contribution in [0.15, 0.2) is 36.5 Å². The van der Waals surface area contributed by atoms with Gasteiger partial charge in [0.1, 0.15) is 29.1 Å². The predicted molar refractivity (Wildman–Crippen MR) is 220 cm³/mol. The molecule has 3 aromatic rings. The molecule has 1 unspecified atom stereocenters. The highest BCUT2D eigenvalue weighted by Gasteiger charge is 2.47. The monoisotopic (exact) mass is 853 g/mol. The van der Waals surface area contributed by atoms with Crippen LogP contribution in [0, 0.1) is 17.6 Å². The number of amides is 4. The van der Waals surface area contributed by atoms with Gasteiger partial charge in [-0.3, -0.25) is 34.8 Å². The van der Waals surface area contributed by atoms with Crippen LogP contribution in [0.2, 0.25) is 0 Å². The zero-order chi connectivity index (χ0) is 43.6. The van der Waals surface area contributed by atoms with E-state index < -0.39 is 42.0 Å². The number of piperazine rings is 1. The third kappa shape index (κ3) is 9.75. The lowest BCUT2D eigenvalue weighted by molar-refractivity contribution is -0.140. The molecule has 0 saturated carbocycles. The molecule has 0 spiro atoms. The summed E-state index contributed by atoms with van der Waals surface area (Å²) in [5.41, 5.74) is 4.01. The minimum atomic E-state index is -3.61. The molecule has 4 N–H and O–H groups in total. The lowest BCUT2D eigenvalue weighted by atomic mass is 9.94. The Morgan fingerprint density at radius 1 is 0.967 bits per heavy atom. The Morgan fingerprint density at radius 3 is 2.39 bits per heavy atom. The van der Waals surface area contributed by atoms with E-state index in [1.807, 2.05) is 9.91 Å². The van der Waals surface area contributed by atoms with Gasteiger partial charge in [-0.25, -0.2) is 18.8 Å². The molecule has 0 aliphatic carbocycles. The van der Waals surface area contributed by atoms with E-state index in [-0.39, 0.29) is 59.5 Å². The van der Waals surface area contributed by atoms with E-state index >= 15 is 8.78 Å². The van der Waals surface area contributed by atoms with Crippen LogP contribution in [0.5, 0.6) is 5.75 Å². The first-order valence-corrected chi connectivity index (χ1v) is 20.5. The van der Waals surface area contributed by atoms with Gasteiger partial charge in [-0.05, 0) is 70.2 Å². The van der Waals surface area contributed by atoms with Crippen molar-refractivity contribution in [3.05, 3.63) is 53.7 Å². The van der Waals surface area contributed by atoms with Gasteiger partial charge in [0, 0.05) is 76.5 Å². The highest BCUT2D eigenvalue weighted by molar-refractivity contribution is 6.02. The molecule has 4 aliphatic rings. The molecular formula is C41H51F4N11O5. The second kappa shape index (κ2) is 18.1. The van der Waals surface area contributed by atoms with Gasteiger partial charge in [-0.15, -0.1) is 0 Å². The van der Waals surface area contributed by atoms with Crippen molar-refractivity contribution in [1.29, 1.82) is 0 Å². The van der Waals surface area contributed by atoms with Crippen molar-refractivity contribution in [3.63, 3.8) is 0 Å². The quantitative estimate of drug-likeness (QED) is 0.152. The van der Waals surface area contributed by atoms with Crippen LogP contribution in [0.25, 0.3) is 0 Å². The molecule has 16 nitrogen and oxygen atoms in total. The number of nitrogens with one attached hydrogen (secondary N) is 4. The Labute approximate surface area is 350 Å². The maximum atomic E-state index is 15.2. The number of imide groups is 1. The number of alkyl halides is 2. The first-order valence-electron chi connectivity index (χ1n) is 20.5. The SMILES string of the molecule is COc1cc(C(=O)NN2CCC(CCN3CCN(c4cc(F)c(NC5CCC(=O)NC5=O)cc4F)CC3)CC2)ccc1Nc1ncc2c(n1)N(C(C)C)CC(F)(F)C(=O)N2C. The van der Waals surface area contributed by atoms with E-state index in [0.29, 0.717) is 62.2 Å². The number of hydrogen-bond donors (Lipinski definition) is 4. The number of benzene rings is 2. The smallest absolute Gasteiger partial charge is 0.342 e. The van der Waals surface area contributed by atoms with Gasteiger partial charge in [-0.2, -0.15) is 13.8 Å². The Kier molecular flexibility index (Phi) is 12.8. The zero-order valence-corrected chi connectivity index (χ0v) is 34.6. The van der Waals surface area contributed by atoms with E-state index in [0.717, 1.165) is 42.8 Å². The van der Waals surface area contributed by atoms with Crippen molar-refractivity contribution in [3.8, 4) is 5.75 Å². The number of carbonyl (C=O) groups excluding carboxylic acids is 4. The number of nitrogens with zero attached hydrogens (tertiary/aromatic N) is 7. The van der Waals surface area contributed by atoms with E-state index in [1.165, 1.54) is 25.3 Å². The van der Waals surface area contributed by atoms with Crippen LogP contribution in [0.1, 0.15) is 56.3 Å². The van der Waals surface area contributed by atoms with Crippen molar-refractivity contribution in [2.75, 3.05) is 91.8 Å². The summed E-state index contributed by atoms with van der Waals surface area (Å²) < 4.78 is 65.3. The fourth-order valence-electron chi connectivity index (χ4n) is 8.10. The van der Waals surface area contributed by atoms with Gasteiger partial charge in [0.05, 0.1) is 36.9 Å². The third-order valence-corrected chi connectivity index (χ3v) is 11.7. The van der Waals surface area contributed by atoms with Crippen LogP contribution < -0.4 is 40.8 Å². The average Bonchev–Trinajstić information content (AvgIpc) is 3.31. The molecule has 61 heavy (non-hydrogen) atoms. The Balaban J connectivity index is 0.863. The molecule has 0 radical (unpaired) electrons. The zero-order valence-electron chi connectivity index (χ0n) is 34.6. The lowest BCUT2D eigenvalue weighted by Gasteiger charge is -2.38. The molecule has 4 amide bonds. The number of fused-ring (bicyclic) bond motifs is 1. The summed E-state index contributed by atoms with van der Waals surface area (Å²) in [6.45, 7) is 7.33. The van der Waals surface area contributed by atoms with Crippen molar-refractivity contribution in [1.82, 2.24) is 30.6 Å². The van der Waals surface area contributed by atoms with Gasteiger partial charge in [0.2, 0.25) is 17.8 Å². The molecule has 1 aromatic heterocycles. The van der Waals surface area contributed by atoms with Crippen LogP contribution in [0.4, 0.5) is 52.1 Å². The highest BCUT2D eigenvalue weighted by atomic mass is 19.3. The maximum Gasteiger partial charge on any atom is 0.342 e. The molecule has 3 saturated heterocycles. The molecule has 3 fully saturated rings. The average molecular weight is 854 g/mol. The molecule has 328 valence electrons. The predicted octanol–water partition coefficient (Wildman–Crippen LogP) is 4.12. The number of hydrogen-bond acceptors (Lipinski definition) is 13. The summed E-state index contributed by atoms with van der Waals surface area (Å²) >= 11 is 0. The van der Waals surface area contributed by atoms with E-state index in [4.69, 9.17) is 4.74 Å². The molecule has 7 rings (SSSR count). The molecule has 1 atom stereocenters. The number of piperidine rings is 2. The summed E-state index contributed by atoms with van der Waals surface area (Å²) in [6, 6.07) is 5.88. The van der Waals surface area contributed by atoms with Gasteiger partial charge < -0.3 is 30.1 Å². The fourth-order valence-corrected chi connectivity index (χ4v) is 8.10. The van der Waals surface area contributed by atoms with Crippen LogP contribution in [-0.4, -0.2) is 128 Å². The topological polar surface area (TPSA) is 168 Å². The van der Waals surface area contributed by atoms with Crippen molar-refractivity contribution in [2.24, 2.45) is 5.92 Å². The van der Waals surface area contributed by atoms with Gasteiger partial charge >= 0.3 is 5.92 Å². The number of aromatic nitrogens is 2. The maximum absolute atomic E-state index is 15.2. The first-order chi connectivity index (χ1) is 29.1. The van der Waals surface area contributed by atoms with Gasteiger partial charge in [-0.1, -0.05) is 0 Å². The van der Waals surface area contributed by atoms with E-state index in [9.17, 15) is 28.0 Å². The minimum Gasteiger partial charge on any atom is -0.495 e. The summed E-state index contributed by atoms with van der Waals surface area (Å²) in [4.78, 5) is 64.5. The first kappa shape index (κ1) is 43.3. The summed E-state index contributed by atoms with van der Waals surface area (Å²) in [5.74, 6) is -6.39. The normalized spacial score (nSPS) is 20.3. The van der Waals surface area contributed by atoms with E-state index in [1.54, 1.807) is 32.0 Å². The lowest BCUT2D eigenvalue weighted by Crippen LogP contribution is -2.48. The number of ether oxygens (including phenoxy) is 1.